The van der Waals surface area contributed by atoms with Crippen LogP contribution in [0.5, 0.6) is 5.75 Å². The zero-order valence-electron chi connectivity index (χ0n) is 11.0. The molecular formula is C14H15FN2O2S. The third-order valence-corrected chi connectivity index (χ3v) is 4.04. The van der Waals surface area contributed by atoms with E-state index in [0.29, 0.717) is 28.5 Å². The smallest absolute Gasteiger partial charge is 0.141 e. The maximum Gasteiger partial charge on any atom is 0.141 e. The van der Waals surface area contributed by atoms with E-state index in [-0.39, 0.29) is 5.75 Å². The molecule has 0 amide bonds. The summed E-state index contributed by atoms with van der Waals surface area (Å²) < 4.78 is 30.7. The number of hydrogen-bond acceptors (Lipinski definition) is 4. The molecule has 2 aromatic rings. The fraction of sp³-hybridized carbons (Fsp3) is 0.214. The molecule has 1 aromatic carbocycles. The van der Waals surface area contributed by atoms with Crippen molar-refractivity contribution in [3.05, 3.63) is 48.0 Å². The van der Waals surface area contributed by atoms with Gasteiger partial charge in [0, 0.05) is 11.9 Å². The number of nitrogens with two attached hydrogens (primary N) is 1. The molecule has 0 saturated carbocycles. The molecule has 0 aliphatic rings. The molecule has 4 nitrogen and oxygen atoms in total. The number of pyridine rings is 1. The normalized spacial score (nSPS) is 12.1. The number of benzene rings is 1. The molecule has 0 saturated heterocycles. The minimum atomic E-state index is -1.38. The van der Waals surface area contributed by atoms with Crippen LogP contribution in [-0.4, -0.2) is 15.8 Å². The van der Waals surface area contributed by atoms with E-state index in [0.717, 1.165) is 6.20 Å². The van der Waals surface area contributed by atoms with Gasteiger partial charge < -0.3 is 10.5 Å². The van der Waals surface area contributed by atoms with Gasteiger partial charge >= 0.3 is 0 Å². The monoisotopic (exact) mass is 294 g/mol. The third-order valence-electron chi connectivity index (χ3n) is 2.60. The lowest BCUT2D eigenvalue weighted by molar-refractivity contribution is 0.339. The maximum absolute atomic E-state index is 13.1. The Morgan fingerprint density at radius 3 is 2.85 bits per heavy atom. The number of aromatic nitrogens is 1. The number of rotatable bonds is 5. The van der Waals surface area contributed by atoms with Crippen LogP contribution in [-0.2, 0) is 16.6 Å². The highest BCUT2D eigenvalue weighted by Crippen LogP contribution is 2.24. The first-order valence-electron chi connectivity index (χ1n) is 6.10. The van der Waals surface area contributed by atoms with E-state index in [1.807, 2.05) is 6.92 Å². The number of halogens is 1. The van der Waals surface area contributed by atoms with Gasteiger partial charge in [-0.2, -0.15) is 0 Å². The van der Waals surface area contributed by atoms with E-state index in [4.69, 9.17) is 10.5 Å². The van der Waals surface area contributed by atoms with E-state index in [2.05, 4.69) is 4.98 Å². The molecule has 0 aliphatic heterocycles. The second-order valence-corrected chi connectivity index (χ2v) is 5.55. The topological polar surface area (TPSA) is 65.2 Å². The van der Waals surface area contributed by atoms with E-state index in [9.17, 15) is 8.60 Å². The predicted octanol–water partition coefficient (Wildman–Crippen LogP) is 2.51. The van der Waals surface area contributed by atoms with Crippen molar-refractivity contribution in [2.24, 2.45) is 0 Å². The highest BCUT2D eigenvalue weighted by Gasteiger charge is 2.11. The van der Waals surface area contributed by atoms with Crippen molar-refractivity contribution in [1.29, 1.82) is 0 Å². The van der Waals surface area contributed by atoms with Gasteiger partial charge in [-0.05, 0) is 36.8 Å². The van der Waals surface area contributed by atoms with Gasteiger partial charge in [0.25, 0.3) is 0 Å². The Balaban J connectivity index is 2.22. The van der Waals surface area contributed by atoms with Crippen LogP contribution in [0.3, 0.4) is 0 Å². The van der Waals surface area contributed by atoms with Crippen LogP contribution in [0.4, 0.5) is 10.1 Å². The molecule has 20 heavy (non-hydrogen) atoms. The van der Waals surface area contributed by atoms with Crippen molar-refractivity contribution >= 4 is 16.5 Å². The fourth-order valence-electron chi connectivity index (χ4n) is 1.73. The van der Waals surface area contributed by atoms with Crippen molar-refractivity contribution in [2.75, 3.05) is 12.3 Å². The Morgan fingerprint density at radius 1 is 1.35 bits per heavy atom. The first-order chi connectivity index (χ1) is 9.60. The van der Waals surface area contributed by atoms with Crippen LogP contribution in [0.25, 0.3) is 0 Å². The quantitative estimate of drug-likeness (QED) is 0.861. The first-order valence-corrected chi connectivity index (χ1v) is 7.42. The van der Waals surface area contributed by atoms with Crippen LogP contribution in [0.15, 0.2) is 41.6 Å². The van der Waals surface area contributed by atoms with Crippen molar-refractivity contribution in [1.82, 2.24) is 4.98 Å². The zero-order valence-corrected chi connectivity index (χ0v) is 11.8. The van der Waals surface area contributed by atoms with Crippen molar-refractivity contribution < 1.29 is 13.3 Å². The number of anilines is 1. The maximum atomic E-state index is 13.1. The molecule has 2 rings (SSSR count). The van der Waals surface area contributed by atoms with Crippen molar-refractivity contribution in [3.8, 4) is 5.75 Å². The Labute approximate surface area is 119 Å². The summed E-state index contributed by atoms with van der Waals surface area (Å²) in [5.41, 5.74) is 6.82. The second kappa shape index (κ2) is 6.47. The Bertz CT molecular complexity index is 634. The summed E-state index contributed by atoms with van der Waals surface area (Å²) in [6.07, 6.45) is 2.60. The first kappa shape index (κ1) is 14.5. The second-order valence-electron chi connectivity index (χ2n) is 4.13. The molecule has 0 radical (unpaired) electrons. The summed E-state index contributed by atoms with van der Waals surface area (Å²) in [5.74, 6) is 0.322. The van der Waals surface area contributed by atoms with Crippen LogP contribution in [0.1, 0.15) is 12.5 Å². The van der Waals surface area contributed by atoms with Crippen LogP contribution in [0, 0.1) is 5.82 Å². The highest BCUT2D eigenvalue weighted by molar-refractivity contribution is 7.84. The van der Waals surface area contributed by atoms with E-state index in [1.165, 1.54) is 12.3 Å². The van der Waals surface area contributed by atoms with Gasteiger partial charge in [0.1, 0.15) is 11.6 Å². The molecule has 2 N–H and O–H groups in total. The predicted molar refractivity (Wildman–Crippen MR) is 76.3 cm³/mol. The summed E-state index contributed by atoms with van der Waals surface area (Å²) in [6, 6.07) is 6.35. The van der Waals surface area contributed by atoms with Gasteiger partial charge in [0.15, 0.2) is 0 Å². The lowest BCUT2D eigenvalue weighted by atomic mass is 10.3. The summed E-state index contributed by atoms with van der Waals surface area (Å²) in [7, 11) is -1.38. The Hall–Kier alpha value is -1.95. The molecule has 6 heteroatoms. The summed E-state index contributed by atoms with van der Waals surface area (Å²) >= 11 is 0. The summed E-state index contributed by atoms with van der Waals surface area (Å²) in [6.45, 7) is 2.38. The zero-order chi connectivity index (χ0) is 14.5. The number of hydrogen-bond donors (Lipinski definition) is 1. The van der Waals surface area contributed by atoms with E-state index < -0.39 is 16.6 Å². The van der Waals surface area contributed by atoms with Crippen LogP contribution >= 0.6 is 0 Å². The Morgan fingerprint density at radius 2 is 2.15 bits per heavy atom. The minimum absolute atomic E-state index is 0.157. The summed E-state index contributed by atoms with van der Waals surface area (Å²) in [4.78, 5) is 4.22. The van der Waals surface area contributed by atoms with Gasteiger partial charge in [-0.3, -0.25) is 9.19 Å². The molecule has 0 bridgehead atoms. The standard InChI is InChI=1S/C14H15FN2O2S/c1-2-19-12-3-4-13(16)14(6-12)20(18)9-10-5-11(15)8-17-7-10/h3-8H,2,9,16H2,1H3. The van der Waals surface area contributed by atoms with Crippen LogP contribution < -0.4 is 10.5 Å². The molecule has 1 unspecified atom stereocenters. The molecule has 0 aliphatic carbocycles. The largest absolute Gasteiger partial charge is 0.494 e. The molecule has 106 valence electrons. The fourth-order valence-corrected chi connectivity index (χ4v) is 2.93. The number of nitrogen functional groups attached to an aromatic ring is 1. The molecule has 1 atom stereocenters. The molecule has 0 spiro atoms. The number of ether oxygens (including phenoxy) is 1. The molecule has 1 aromatic heterocycles. The Kier molecular flexibility index (Phi) is 4.68. The lowest BCUT2D eigenvalue weighted by Gasteiger charge is -2.09. The number of nitrogens with zero attached hydrogens (tertiary/aromatic N) is 1. The average molecular weight is 294 g/mol. The van der Waals surface area contributed by atoms with Crippen molar-refractivity contribution in [2.45, 2.75) is 17.6 Å². The molecule has 0 fully saturated rings. The van der Waals surface area contributed by atoms with E-state index >= 15 is 0 Å². The summed E-state index contributed by atoms with van der Waals surface area (Å²) in [5, 5.41) is 0. The lowest BCUT2D eigenvalue weighted by Crippen LogP contribution is -2.03. The molecule has 1 heterocycles. The van der Waals surface area contributed by atoms with Gasteiger partial charge in [0.05, 0.1) is 34.3 Å². The van der Waals surface area contributed by atoms with Gasteiger partial charge in [-0.1, -0.05) is 0 Å². The van der Waals surface area contributed by atoms with Gasteiger partial charge in [0.2, 0.25) is 0 Å². The van der Waals surface area contributed by atoms with Crippen LogP contribution in [0.2, 0.25) is 0 Å². The molecular weight excluding hydrogens is 279 g/mol. The highest BCUT2D eigenvalue weighted by atomic mass is 32.2. The van der Waals surface area contributed by atoms with Gasteiger partial charge in [-0.15, -0.1) is 0 Å². The minimum Gasteiger partial charge on any atom is -0.494 e. The van der Waals surface area contributed by atoms with Gasteiger partial charge in [-0.25, -0.2) is 4.39 Å². The third kappa shape index (κ3) is 3.54. The van der Waals surface area contributed by atoms with E-state index in [1.54, 1.807) is 18.2 Å². The SMILES string of the molecule is CCOc1ccc(N)c(S(=O)Cc2cncc(F)c2)c1. The van der Waals surface area contributed by atoms with Crippen molar-refractivity contribution in [3.63, 3.8) is 0 Å². The average Bonchev–Trinajstić information content (AvgIpc) is 2.41.